The lowest BCUT2D eigenvalue weighted by Crippen LogP contribution is -2.45. The molecule has 3 aromatic rings. The van der Waals surface area contributed by atoms with Gasteiger partial charge in [-0.15, -0.1) is 0 Å². The number of aromatic nitrogens is 3. The highest BCUT2D eigenvalue weighted by Gasteiger charge is 2.22. The van der Waals surface area contributed by atoms with E-state index < -0.39 is 0 Å². The molecule has 1 aromatic carbocycles. The van der Waals surface area contributed by atoms with Gasteiger partial charge in [0.25, 0.3) is 0 Å². The van der Waals surface area contributed by atoms with Crippen molar-refractivity contribution in [2.45, 2.75) is 25.4 Å². The predicted molar refractivity (Wildman–Crippen MR) is 99.1 cm³/mol. The summed E-state index contributed by atoms with van der Waals surface area (Å²) in [5, 5.41) is 13.5. The molecule has 2 N–H and O–H groups in total. The third kappa shape index (κ3) is 2.85. The second-order valence-corrected chi connectivity index (χ2v) is 6.66. The van der Waals surface area contributed by atoms with Crippen LogP contribution in [-0.4, -0.2) is 33.3 Å². The van der Waals surface area contributed by atoms with Crippen LogP contribution in [0.15, 0.2) is 47.4 Å². The van der Waals surface area contributed by atoms with Crippen LogP contribution in [0.3, 0.4) is 0 Å². The molecule has 7 heteroatoms. The maximum Gasteiger partial charge on any atom is 0.351 e. The van der Waals surface area contributed by atoms with Crippen LogP contribution in [-0.2, 0) is 6.54 Å². The third-order valence-corrected chi connectivity index (χ3v) is 4.89. The molecule has 0 spiro atoms. The largest absolute Gasteiger partial charge is 0.356 e. The Labute approximate surface area is 150 Å². The molecule has 132 valence electrons. The monoisotopic (exact) mass is 348 g/mol. The summed E-state index contributed by atoms with van der Waals surface area (Å²) in [4.78, 5) is 15.2. The van der Waals surface area contributed by atoms with Gasteiger partial charge in [0.05, 0.1) is 29.9 Å². The zero-order valence-corrected chi connectivity index (χ0v) is 14.4. The van der Waals surface area contributed by atoms with Crippen LogP contribution >= 0.6 is 0 Å². The Morgan fingerprint density at radius 1 is 1.31 bits per heavy atom. The third-order valence-electron chi connectivity index (χ3n) is 4.89. The average molecular weight is 348 g/mol. The molecule has 1 aliphatic heterocycles. The van der Waals surface area contributed by atoms with E-state index in [1.54, 1.807) is 16.8 Å². The van der Waals surface area contributed by atoms with Crippen molar-refractivity contribution >= 4 is 11.3 Å². The SMILES string of the molecule is N#Cc1ccccc1Cn1c(N2CCCC(N)C2)cc2ccnn2c1=O. The lowest BCUT2D eigenvalue weighted by molar-refractivity contribution is 0.494. The number of fused-ring (bicyclic) bond motifs is 1. The van der Waals surface area contributed by atoms with E-state index in [-0.39, 0.29) is 11.7 Å². The van der Waals surface area contributed by atoms with Gasteiger partial charge < -0.3 is 10.6 Å². The van der Waals surface area contributed by atoms with Crippen molar-refractivity contribution in [3.63, 3.8) is 0 Å². The first-order valence-electron chi connectivity index (χ1n) is 8.73. The first kappa shape index (κ1) is 16.4. The molecular weight excluding hydrogens is 328 g/mol. The highest BCUT2D eigenvalue weighted by molar-refractivity contribution is 5.56. The number of hydrogen-bond acceptors (Lipinski definition) is 5. The number of nitriles is 1. The molecule has 1 saturated heterocycles. The Morgan fingerprint density at radius 3 is 2.96 bits per heavy atom. The van der Waals surface area contributed by atoms with Gasteiger partial charge in [-0.25, -0.2) is 4.79 Å². The van der Waals surface area contributed by atoms with Gasteiger partial charge in [-0.05, 0) is 30.5 Å². The van der Waals surface area contributed by atoms with E-state index in [0.29, 0.717) is 18.7 Å². The summed E-state index contributed by atoms with van der Waals surface area (Å²) in [5.41, 5.74) is 8.08. The van der Waals surface area contributed by atoms with Gasteiger partial charge >= 0.3 is 5.69 Å². The molecule has 0 bridgehead atoms. The molecule has 0 saturated carbocycles. The molecule has 2 aromatic heterocycles. The van der Waals surface area contributed by atoms with E-state index in [2.05, 4.69) is 16.1 Å². The average Bonchev–Trinajstić information content (AvgIpc) is 3.13. The first-order chi connectivity index (χ1) is 12.7. The Balaban J connectivity index is 1.86. The highest BCUT2D eigenvalue weighted by Crippen LogP contribution is 2.21. The summed E-state index contributed by atoms with van der Waals surface area (Å²) < 4.78 is 3.08. The van der Waals surface area contributed by atoms with Crippen molar-refractivity contribution in [1.29, 1.82) is 5.26 Å². The number of rotatable bonds is 3. The summed E-state index contributed by atoms with van der Waals surface area (Å²) in [5.74, 6) is 0.825. The molecule has 26 heavy (non-hydrogen) atoms. The lowest BCUT2D eigenvalue weighted by atomic mass is 10.1. The van der Waals surface area contributed by atoms with E-state index in [1.807, 2.05) is 30.3 Å². The minimum Gasteiger partial charge on any atom is -0.356 e. The maximum atomic E-state index is 13.1. The van der Waals surface area contributed by atoms with Crippen molar-refractivity contribution in [3.05, 3.63) is 64.2 Å². The zero-order chi connectivity index (χ0) is 18.1. The Kier molecular flexibility index (Phi) is 4.19. The smallest absolute Gasteiger partial charge is 0.351 e. The van der Waals surface area contributed by atoms with E-state index in [9.17, 15) is 10.1 Å². The van der Waals surface area contributed by atoms with Crippen LogP contribution in [0.2, 0.25) is 0 Å². The zero-order valence-electron chi connectivity index (χ0n) is 14.4. The van der Waals surface area contributed by atoms with Gasteiger partial charge in [-0.2, -0.15) is 14.9 Å². The molecule has 1 aliphatic rings. The summed E-state index contributed by atoms with van der Waals surface area (Å²) in [7, 11) is 0. The minimum atomic E-state index is -0.214. The van der Waals surface area contributed by atoms with Gasteiger partial charge in [0.2, 0.25) is 0 Å². The van der Waals surface area contributed by atoms with Gasteiger partial charge in [0.1, 0.15) is 5.82 Å². The van der Waals surface area contributed by atoms with E-state index >= 15 is 0 Å². The Morgan fingerprint density at radius 2 is 2.15 bits per heavy atom. The summed E-state index contributed by atoms with van der Waals surface area (Å²) >= 11 is 0. The topological polar surface area (TPSA) is 92.3 Å². The molecular formula is C19H20N6O. The summed E-state index contributed by atoms with van der Waals surface area (Å²) in [6.45, 7) is 1.89. The molecule has 0 aliphatic carbocycles. The molecule has 0 amide bonds. The minimum absolute atomic E-state index is 0.0971. The van der Waals surface area contributed by atoms with Gasteiger partial charge in [-0.3, -0.25) is 4.57 Å². The summed E-state index contributed by atoms with van der Waals surface area (Å²) in [6, 6.07) is 13.4. The van der Waals surface area contributed by atoms with Crippen molar-refractivity contribution in [1.82, 2.24) is 14.2 Å². The maximum absolute atomic E-state index is 13.1. The quantitative estimate of drug-likeness (QED) is 0.771. The fraction of sp³-hybridized carbons (Fsp3) is 0.316. The van der Waals surface area contributed by atoms with Crippen LogP contribution in [0.1, 0.15) is 24.0 Å². The summed E-state index contributed by atoms with van der Waals surface area (Å²) in [6.07, 6.45) is 3.61. The molecule has 1 fully saturated rings. The van der Waals surface area contributed by atoms with Gasteiger partial charge in [-0.1, -0.05) is 18.2 Å². The van der Waals surface area contributed by atoms with Crippen LogP contribution in [0.25, 0.3) is 5.52 Å². The standard InChI is InChI=1S/C19H20N6O/c20-11-14-4-1-2-5-15(14)12-24-18(23-9-3-6-16(21)13-23)10-17-7-8-22-25(17)19(24)26/h1-2,4-5,7-8,10,16H,3,6,9,12-13,21H2. The number of piperidine rings is 1. The van der Waals surface area contributed by atoms with Crippen LogP contribution in [0.4, 0.5) is 5.82 Å². The van der Waals surface area contributed by atoms with Crippen LogP contribution in [0.5, 0.6) is 0 Å². The van der Waals surface area contributed by atoms with Crippen molar-refractivity contribution < 1.29 is 0 Å². The number of anilines is 1. The number of benzene rings is 1. The molecule has 7 nitrogen and oxygen atoms in total. The molecule has 1 atom stereocenters. The van der Waals surface area contributed by atoms with Crippen molar-refractivity contribution in [3.8, 4) is 6.07 Å². The fourth-order valence-electron chi connectivity index (χ4n) is 3.57. The van der Waals surface area contributed by atoms with Crippen molar-refractivity contribution in [2.75, 3.05) is 18.0 Å². The number of hydrogen-bond donors (Lipinski definition) is 1. The highest BCUT2D eigenvalue weighted by atomic mass is 16.2. The molecule has 3 heterocycles. The number of nitrogens with two attached hydrogens (primary N) is 1. The Hall–Kier alpha value is -3.11. The van der Waals surface area contributed by atoms with Gasteiger partial charge in [0, 0.05) is 25.2 Å². The molecule has 0 radical (unpaired) electrons. The van der Waals surface area contributed by atoms with Crippen molar-refractivity contribution in [2.24, 2.45) is 5.73 Å². The lowest BCUT2D eigenvalue weighted by Gasteiger charge is -2.34. The second kappa shape index (κ2) is 6.65. The Bertz CT molecular complexity index is 1040. The molecule has 4 rings (SSSR count). The predicted octanol–water partition coefficient (Wildman–Crippen LogP) is 1.34. The second-order valence-electron chi connectivity index (χ2n) is 6.66. The molecule has 1 unspecified atom stereocenters. The van der Waals surface area contributed by atoms with E-state index in [1.165, 1.54) is 4.52 Å². The van der Waals surface area contributed by atoms with E-state index in [0.717, 1.165) is 36.3 Å². The first-order valence-corrected chi connectivity index (χ1v) is 8.73. The fourth-order valence-corrected chi connectivity index (χ4v) is 3.57. The van der Waals surface area contributed by atoms with Gasteiger partial charge in [0.15, 0.2) is 0 Å². The van der Waals surface area contributed by atoms with E-state index in [4.69, 9.17) is 5.73 Å². The van der Waals surface area contributed by atoms with Crippen LogP contribution in [0, 0.1) is 11.3 Å². The van der Waals surface area contributed by atoms with Crippen LogP contribution < -0.4 is 16.3 Å². The normalized spacial score (nSPS) is 17.4. The number of nitrogens with zero attached hydrogens (tertiary/aromatic N) is 5.